The number of alkyl halides is 3. The molecule has 0 radical (unpaired) electrons. The average Bonchev–Trinajstić information content (AvgIpc) is 3.30. The summed E-state index contributed by atoms with van der Waals surface area (Å²) >= 11 is 10.3. The van der Waals surface area contributed by atoms with Crippen LogP contribution in [0.1, 0.15) is 11.3 Å². The molecule has 1 aliphatic heterocycles. The predicted octanol–water partition coefficient (Wildman–Crippen LogP) is 7.27. The number of furan rings is 1. The van der Waals surface area contributed by atoms with E-state index in [0.29, 0.717) is 16.4 Å². The second-order valence-electron chi connectivity index (χ2n) is 6.35. The van der Waals surface area contributed by atoms with Crippen LogP contribution in [0.5, 0.6) is 0 Å². The van der Waals surface area contributed by atoms with Crippen LogP contribution in [0.25, 0.3) is 17.4 Å². The van der Waals surface area contributed by atoms with Gasteiger partial charge in [-0.05, 0) is 54.2 Å². The Bertz CT molecular complexity index is 1220. The number of amides is 1. The van der Waals surface area contributed by atoms with Gasteiger partial charge in [0.1, 0.15) is 11.5 Å². The summed E-state index contributed by atoms with van der Waals surface area (Å²) < 4.78 is 45.5. The van der Waals surface area contributed by atoms with Gasteiger partial charge < -0.3 is 9.73 Å². The lowest BCUT2D eigenvalue weighted by Gasteiger charge is -2.08. The van der Waals surface area contributed by atoms with Crippen LogP contribution in [-0.4, -0.2) is 11.1 Å². The maximum atomic E-state index is 12.9. The summed E-state index contributed by atoms with van der Waals surface area (Å²) in [4.78, 5) is 16.6. The molecule has 3 aromatic rings. The third-order valence-corrected chi connectivity index (χ3v) is 5.93. The number of amidine groups is 1. The highest BCUT2D eigenvalue weighted by atomic mass is 79.9. The molecule has 0 spiro atoms. The van der Waals surface area contributed by atoms with Gasteiger partial charge in [0.25, 0.3) is 5.91 Å². The molecule has 1 saturated heterocycles. The van der Waals surface area contributed by atoms with E-state index in [1.54, 1.807) is 18.2 Å². The fraction of sp³-hybridized carbons (Fsp3) is 0.0476. The number of hydrogen-bond donors (Lipinski definition) is 1. The van der Waals surface area contributed by atoms with Crippen molar-refractivity contribution in [2.75, 3.05) is 0 Å². The van der Waals surface area contributed by atoms with E-state index in [9.17, 15) is 18.0 Å². The summed E-state index contributed by atoms with van der Waals surface area (Å²) in [6, 6.07) is 13.9. The number of nitrogens with one attached hydrogen (secondary N) is 1. The fourth-order valence-electron chi connectivity index (χ4n) is 2.69. The second-order valence-corrected chi connectivity index (χ2v) is 8.71. The Morgan fingerprint density at radius 2 is 1.84 bits per heavy atom. The Morgan fingerprint density at radius 3 is 2.55 bits per heavy atom. The van der Waals surface area contributed by atoms with Crippen molar-refractivity contribution in [1.82, 2.24) is 5.32 Å². The predicted molar refractivity (Wildman–Crippen MR) is 119 cm³/mol. The molecule has 4 nitrogen and oxygen atoms in total. The van der Waals surface area contributed by atoms with E-state index in [4.69, 9.17) is 16.0 Å². The minimum atomic E-state index is -4.53. The van der Waals surface area contributed by atoms with Crippen LogP contribution in [0.3, 0.4) is 0 Å². The standard InChI is InChI=1S/C21H11BrClF3N2O2S/c22-13-4-1-11(2-5-13)17-8-6-14(30-17)10-18-19(29)28-20(31-18)27-16-9-12(21(24,25)26)3-7-15(16)23/h1-10H,(H,27,28,29)/b18-10+. The highest BCUT2D eigenvalue weighted by molar-refractivity contribution is 9.10. The van der Waals surface area contributed by atoms with Crippen LogP contribution >= 0.6 is 39.3 Å². The van der Waals surface area contributed by atoms with E-state index >= 15 is 0 Å². The van der Waals surface area contributed by atoms with Crippen LogP contribution in [0.15, 0.2) is 73.4 Å². The first-order valence-corrected chi connectivity index (χ1v) is 10.7. The van der Waals surface area contributed by atoms with Gasteiger partial charge in [0, 0.05) is 16.1 Å². The summed E-state index contributed by atoms with van der Waals surface area (Å²) in [5.41, 5.74) is -0.0914. The maximum Gasteiger partial charge on any atom is 0.416 e. The lowest BCUT2D eigenvalue weighted by molar-refractivity contribution is -0.137. The molecule has 0 aliphatic carbocycles. The van der Waals surface area contributed by atoms with Crippen molar-refractivity contribution < 1.29 is 22.4 Å². The van der Waals surface area contributed by atoms with E-state index in [1.807, 2.05) is 24.3 Å². The van der Waals surface area contributed by atoms with Crippen LogP contribution in [0.2, 0.25) is 5.02 Å². The quantitative estimate of drug-likeness (QED) is 0.364. The molecule has 0 unspecified atom stereocenters. The van der Waals surface area contributed by atoms with Crippen LogP contribution in [0, 0.1) is 0 Å². The SMILES string of the molecule is O=C1NC(=Nc2cc(C(F)(F)F)ccc2Cl)S/C1=C/c1ccc(-c2ccc(Br)cc2)o1. The Kier molecular flexibility index (Phi) is 6.00. The lowest BCUT2D eigenvalue weighted by atomic mass is 10.2. The van der Waals surface area contributed by atoms with E-state index in [-0.39, 0.29) is 15.9 Å². The number of benzene rings is 2. The molecule has 4 rings (SSSR count). The third kappa shape index (κ3) is 5.06. The zero-order valence-corrected chi connectivity index (χ0v) is 18.5. The van der Waals surface area contributed by atoms with Crippen molar-refractivity contribution in [1.29, 1.82) is 0 Å². The van der Waals surface area contributed by atoms with Crippen molar-refractivity contribution >= 4 is 62.1 Å². The smallest absolute Gasteiger partial charge is 0.416 e. The van der Waals surface area contributed by atoms with Crippen molar-refractivity contribution in [3.63, 3.8) is 0 Å². The largest absolute Gasteiger partial charge is 0.457 e. The van der Waals surface area contributed by atoms with Crippen LogP contribution in [0.4, 0.5) is 18.9 Å². The number of carbonyl (C=O) groups excluding carboxylic acids is 1. The first-order valence-electron chi connectivity index (χ1n) is 8.71. The van der Waals surface area contributed by atoms with Crippen molar-refractivity contribution in [3.05, 3.63) is 80.3 Å². The Labute approximate surface area is 192 Å². The first kappa shape index (κ1) is 21.7. The lowest BCUT2D eigenvalue weighted by Crippen LogP contribution is -2.19. The molecule has 0 saturated carbocycles. The van der Waals surface area contributed by atoms with Crippen molar-refractivity contribution in [2.24, 2.45) is 4.99 Å². The number of hydrogen-bond acceptors (Lipinski definition) is 4. The molecule has 1 aromatic heterocycles. The van der Waals surface area contributed by atoms with Crippen LogP contribution < -0.4 is 5.32 Å². The molecule has 1 fully saturated rings. The molecular formula is C21H11BrClF3N2O2S. The highest BCUT2D eigenvalue weighted by Gasteiger charge is 2.31. The van der Waals surface area contributed by atoms with Crippen molar-refractivity contribution in [2.45, 2.75) is 6.18 Å². The number of halogens is 5. The Hall–Kier alpha value is -2.49. The maximum absolute atomic E-state index is 12.9. The van der Waals surface area contributed by atoms with Gasteiger partial charge in [-0.15, -0.1) is 0 Å². The Balaban J connectivity index is 1.56. The zero-order chi connectivity index (χ0) is 22.2. The molecule has 1 N–H and O–H groups in total. The van der Waals surface area contributed by atoms with E-state index in [2.05, 4.69) is 26.2 Å². The molecular weight excluding hydrogens is 517 g/mol. The summed E-state index contributed by atoms with van der Waals surface area (Å²) in [5, 5.41) is 2.68. The van der Waals surface area contributed by atoms with E-state index in [1.165, 1.54) is 0 Å². The number of nitrogens with zero attached hydrogens (tertiary/aromatic N) is 1. The fourth-order valence-corrected chi connectivity index (χ4v) is 3.93. The van der Waals surface area contributed by atoms with Gasteiger partial charge in [0.2, 0.25) is 0 Å². The zero-order valence-electron chi connectivity index (χ0n) is 15.3. The Morgan fingerprint density at radius 1 is 1.10 bits per heavy atom. The monoisotopic (exact) mass is 526 g/mol. The summed E-state index contributed by atoms with van der Waals surface area (Å²) in [7, 11) is 0. The van der Waals surface area contributed by atoms with Gasteiger partial charge in [0.05, 0.1) is 21.2 Å². The number of thioether (sulfide) groups is 1. The number of aliphatic imine (C=N–C) groups is 1. The molecule has 1 aliphatic rings. The first-order chi connectivity index (χ1) is 14.7. The molecule has 1 amide bonds. The second kappa shape index (κ2) is 8.57. The summed E-state index contributed by atoms with van der Waals surface area (Å²) in [6.45, 7) is 0. The summed E-state index contributed by atoms with van der Waals surface area (Å²) in [5.74, 6) is 0.648. The molecule has 31 heavy (non-hydrogen) atoms. The van der Waals surface area contributed by atoms with Gasteiger partial charge >= 0.3 is 6.18 Å². The van der Waals surface area contributed by atoms with Gasteiger partial charge in [-0.25, -0.2) is 4.99 Å². The van der Waals surface area contributed by atoms with Crippen LogP contribution in [-0.2, 0) is 11.0 Å². The normalized spacial score (nSPS) is 16.9. The molecule has 158 valence electrons. The van der Waals surface area contributed by atoms with Gasteiger partial charge in [-0.3, -0.25) is 4.79 Å². The minimum Gasteiger partial charge on any atom is -0.457 e. The molecule has 0 atom stereocenters. The van der Waals surface area contributed by atoms with Gasteiger partial charge in [-0.1, -0.05) is 39.7 Å². The van der Waals surface area contributed by atoms with E-state index in [0.717, 1.165) is 40.0 Å². The molecule has 0 bridgehead atoms. The topological polar surface area (TPSA) is 54.6 Å². The molecule has 2 heterocycles. The minimum absolute atomic E-state index is 0.0398. The summed E-state index contributed by atoms with van der Waals surface area (Å²) in [6.07, 6.45) is -2.99. The van der Waals surface area contributed by atoms with Crippen molar-refractivity contribution in [3.8, 4) is 11.3 Å². The molecule has 10 heteroatoms. The third-order valence-electron chi connectivity index (χ3n) is 4.18. The van der Waals surface area contributed by atoms with E-state index < -0.39 is 17.6 Å². The average molecular weight is 528 g/mol. The molecule has 2 aromatic carbocycles. The number of rotatable bonds is 3. The van der Waals surface area contributed by atoms with Gasteiger partial charge in [0.15, 0.2) is 5.17 Å². The van der Waals surface area contributed by atoms with Gasteiger partial charge in [-0.2, -0.15) is 13.2 Å². The highest BCUT2D eigenvalue weighted by Crippen LogP contribution is 2.37. The number of carbonyl (C=O) groups is 1.